The Morgan fingerprint density at radius 3 is 2.65 bits per heavy atom. The fourth-order valence-electron chi connectivity index (χ4n) is 2.44. The number of amides is 1. The van der Waals surface area contributed by atoms with Crippen molar-refractivity contribution >= 4 is 15.9 Å². The lowest BCUT2D eigenvalue weighted by molar-refractivity contribution is 0.0947. The number of nitrogens with one attached hydrogen (secondary N) is 1. The van der Waals surface area contributed by atoms with Gasteiger partial charge in [-0.25, -0.2) is 12.8 Å². The fourth-order valence-corrected chi connectivity index (χ4v) is 3.61. The molecule has 1 heterocycles. The van der Waals surface area contributed by atoms with E-state index in [0.29, 0.717) is 17.1 Å². The van der Waals surface area contributed by atoms with Crippen molar-refractivity contribution in [1.82, 2.24) is 9.62 Å². The summed E-state index contributed by atoms with van der Waals surface area (Å²) in [6.45, 7) is 0.205. The highest BCUT2D eigenvalue weighted by Gasteiger charge is 2.23. The van der Waals surface area contributed by atoms with Crippen LogP contribution in [0, 0.1) is 5.82 Å². The average molecular weight is 380 g/mol. The Labute approximate surface area is 150 Å². The van der Waals surface area contributed by atoms with Gasteiger partial charge in [-0.3, -0.25) is 4.79 Å². The van der Waals surface area contributed by atoms with E-state index < -0.39 is 15.8 Å². The molecule has 3 rings (SSSR count). The minimum atomic E-state index is -3.76. The standard InChI is InChI=1S/C17H17FN2O5S/c1-20(26(22,23)13-7-5-12(18)6-8-13)10-9-19-17(21)14-3-2-4-15-16(14)25-11-24-15/h2-8H,9-11H2,1H3,(H,19,21). The third kappa shape index (κ3) is 3.63. The second kappa shape index (κ2) is 7.30. The molecule has 0 spiro atoms. The van der Waals surface area contributed by atoms with Crippen LogP contribution >= 0.6 is 0 Å². The van der Waals surface area contributed by atoms with Gasteiger partial charge in [-0.15, -0.1) is 0 Å². The predicted octanol–water partition coefficient (Wildman–Crippen LogP) is 1.60. The maximum absolute atomic E-state index is 12.9. The monoisotopic (exact) mass is 380 g/mol. The number of fused-ring (bicyclic) bond motifs is 1. The molecule has 0 bridgehead atoms. The number of carbonyl (C=O) groups excluding carboxylic acids is 1. The number of ether oxygens (including phenoxy) is 2. The molecule has 0 aromatic heterocycles. The number of hydrogen-bond acceptors (Lipinski definition) is 5. The number of hydrogen-bond donors (Lipinski definition) is 1. The van der Waals surface area contributed by atoms with Crippen LogP contribution in [0.5, 0.6) is 11.5 Å². The molecule has 2 aromatic rings. The van der Waals surface area contributed by atoms with E-state index in [-0.39, 0.29) is 30.7 Å². The Balaban J connectivity index is 1.60. The highest BCUT2D eigenvalue weighted by molar-refractivity contribution is 7.89. The molecule has 26 heavy (non-hydrogen) atoms. The Bertz CT molecular complexity index is 915. The molecule has 0 radical (unpaired) electrons. The summed E-state index contributed by atoms with van der Waals surface area (Å²) in [6, 6.07) is 9.54. The lowest BCUT2D eigenvalue weighted by atomic mass is 10.1. The van der Waals surface area contributed by atoms with E-state index in [1.807, 2.05) is 0 Å². The van der Waals surface area contributed by atoms with Gasteiger partial charge in [0.15, 0.2) is 11.5 Å². The average Bonchev–Trinajstić information content (AvgIpc) is 3.10. The maximum atomic E-state index is 12.9. The van der Waals surface area contributed by atoms with E-state index in [4.69, 9.17) is 9.47 Å². The molecule has 1 amide bonds. The quantitative estimate of drug-likeness (QED) is 0.823. The third-order valence-corrected chi connectivity index (χ3v) is 5.75. The van der Waals surface area contributed by atoms with Gasteiger partial charge in [0.05, 0.1) is 10.5 Å². The van der Waals surface area contributed by atoms with E-state index in [2.05, 4.69) is 5.32 Å². The van der Waals surface area contributed by atoms with Crippen molar-refractivity contribution in [3.05, 3.63) is 53.8 Å². The van der Waals surface area contributed by atoms with Crippen LogP contribution in [0.3, 0.4) is 0 Å². The van der Waals surface area contributed by atoms with Crippen LogP contribution in [-0.2, 0) is 10.0 Å². The molecular weight excluding hydrogens is 363 g/mol. The van der Waals surface area contributed by atoms with Crippen LogP contribution in [0.4, 0.5) is 4.39 Å². The number of benzene rings is 2. The predicted molar refractivity (Wildman–Crippen MR) is 91.1 cm³/mol. The Kier molecular flexibility index (Phi) is 5.10. The molecule has 0 unspecified atom stereocenters. The van der Waals surface area contributed by atoms with E-state index in [1.165, 1.54) is 19.2 Å². The molecular formula is C17H17FN2O5S. The first-order valence-corrected chi connectivity index (χ1v) is 9.22. The lowest BCUT2D eigenvalue weighted by Crippen LogP contribution is -2.36. The number of para-hydroxylation sites is 1. The van der Waals surface area contributed by atoms with Gasteiger partial charge < -0.3 is 14.8 Å². The zero-order valence-corrected chi connectivity index (χ0v) is 14.8. The molecule has 0 saturated carbocycles. The molecule has 0 fully saturated rings. The summed E-state index contributed by atoms with van der Waals surface area (Å²) in [7, 11) is -2.37. The third-order valence-electron chi connectivity index (χ3n) is 3.88. The summed E-state index contributed by atoms with van der Waals surface area (Å²) in [6.07, 6.45) is 0. The SMILES string of the molecule is CN(CCNC(=O)c1cccc2c1OCO2)S(=O)(=O)c1ccc(F)cc1. The van der Waals surface area contributed by atoms with Gasteiger partial charge in [-0.1, -0.05) is 6.07 Å². The smallest absolute Gasteiger partial charge is 0.255 e. The molecule has 7 nitrogen and oxygen atoms in total. The first-order chi connectivity index (χ1) is 12.4. The summed E-state index contributed by atoms with van der Waals surface area (Å²) >= 11 is 0. The fraction of sp³-hybridized carbons (Fsp3) is 0.235. The lowest BCUT2D eigenvalue weighted by Gasteiger charge is -2.17. The highest BCUT2D eigenvalue weighted by atomic mass is 32.2. The highest BCUT2D eigenvalue weighted by Crippen LogP contribution is 2.35. The van der Waals surface area contributed by atoms with Gasteiger partial charge in [0.2, 0.25) is 16.8 Å². The molecule has 0 atom stereocenters. The van der Waals surface area contributed by atoms with Crippen LogP contribution in [0.1, 0.15) is 10.4 Å². The van der Waals surface area contributed by atoms with E-state index >= 15 is 0 Å². The van der Waals surface area contributed by atoms with Crippen molar-refractivity contribution in [1.29, 1.82) is 0 Å². The minimum absolute atomic E-state index is 0.0147. The van der Waals surface area contributed by atoms with Crippen LogP contribution in [0.15, 0.2) is 47.4 Å². The number of rotatable bonds is 6. The first kappa shape index (κ1) is 18.2. The molecule has 2 aromatic carbocycles. The summed E-state index contributed by atoms with van der Waals surface area (Å²) in [5, 5.41) is 2.65. The zero-order chi connectivity index (χ0) is 18.7. The maximum Gasteiger partial charge on any atom is 0.255 e. The molecule has 0 aliphatic carbocycles. The summed E-state index contributed by atoms with van der Waals surface area (Å²) in [4.78, 5) is 12.3. The van der Waals surface area contributed by atoms with Gasteiger partial charge in [0.1, 0.15) is 5.82 Å². The molecule has 138 valence electrons. The first-order valence-electron chi connectivity index (χ1n) is 7.78. The molecule has 1 N–H and O–H groups in total. The number of halogens is 1. The second-order valence-corrected chi connectivity index (χ2v) is 7.62. The summed E-state index contributed by atoms with van der Waals surface area (Å²) in [5.41, 5.74) is 0.323. The van der Waals surface area contributed by atoms with Gasteiger partial charge in [0, 0.05) is 20.1 Å². The molecule has 9 heteroatoms. The second-order valence-electron chi connectivity index (χ2n) is 5.58. The Morgan fingerprint density at radius 2 is 1.92 bits per heavy atom. The molecule has 1 aliphatic heterocycles. The number of nitrogens with zero attached hydrogens (tertiary/aromatic N) is 1. The van der Waals surface area contributed by atoms with Crippen LogP contribution < -0.4 is 14.8 Å². The normalized spacial score (nSPS) is 13.0. The number of likely N-dealkylation sites (N-methyl/N-ethyl adjacent to an activating group) is 1. The van der Waals surface area contributed by atoms with E-state index in [9.17, 15) is 17.6 Å². The number of sulfonamides is 1. The van der Waals surface area contributed by atoms with Crippen molar-refractivity contribution in [2.45, 2.75) is 4.90 Å². The van der Waals surface area contributed by atoms with Gasteiger partial charge in [0.25, 0.3) is 5.91 Å². The van der Waals surface area contributed by atoms with Crippen LogP contribution in [0.25, 0.3) is 0 Å². The summed E-state index contributed by atoms with van der Waals surface area (Å²) in [5.74, 6) is -0.0358. The summed E-state index contributed by atoms with van der Waals surface area (Å²) < 4.78 is 49.3. The van der Waals surface area contributed by atoms with Crippen LogP contribution in [-0.4, -0.2) is 45.6 Å². The topological polar surface area (TPSA) is 84.9 Å². The zero-order valence-electron chi connectivity index (χ0n) is 13.9. The van der Waals surface area contributed by atoms with E-state index in [0.717, 1.165) is 16.4 Å². The van der Waals surface area contributed by atoms with Crippen molar-refractivity contribution in [3.63, 3.8) is 0 Å². The van der Waals surface area contributed by atoms with Crippen LogP contribution in [0.2, 0.25) is 0 Å². The van der Waals surface area contributed by atoms with Gasteiger partial charge in [-0.2, -0.15) is 4.31 Å². The largest absolute Gasteiger partial charge is 0.454 e. The van der Waals surface area contributed by atoms with Gasteiger partial charge in [-0.05, 0) is 36.4 Å². The molecule has 1 aliphatic rings. The Hall–Kier alpha value is -2.65. The van der Waals surface area contributed by atoms with Crippen molar-refractivity contribution < 1.29 is 27.1 Å². The van der Waals surface area contributed by atoms with E-state index in [1.54, 1.807) is 18.2 Å². The minimum Gasteiger partial charge on any atom is -0.454 e. The number of carbonyl (C=O) groups is 1. The Morgan fingerprint density at radius 1 is 1.19 bits per heavy atom. The molecule has 0 saturated heterocycles. The van der Waals surface area contributed by atoms with Crippen molar-refractivity contribution in [2.24, 2.45) is 0 Å². The van der Waals surface area contributed by atoms with Gasteiger partial charge >= 0.3 is 0 Å². The van der Waals surface area contributed by atoms with Crippen molar-refractivity contribution in [3.8, 4) is 11.5 Å². The van der Waals surface area contributed by atoms with Crippen molar-refractivity contribution in [2.75, 3.05) is 26.9 Å².